The molecule has 0 saturated carbocycles. The Labute approximate surface area is 169 Å². The van der Waals surface area contributed by atoms with Gasteiger partial charge in [-0.25, -0.2) is 4.98 Å². The lowest BCUT2D eigenvalue weighted by Gasteiger charge is -2.14. The summed E-state index contributed by atoms with van der Waals surface area (Å²) in [6.07, 6.45) is 3.65. The highest BCUT2D eigenvalue weighted by Crippen LogP contribution is 2.26. The third kappa shape index (κ3) is 4.70. The lowest BCUT2D eigenvalue weighted by atomic mass is 10.1. The summed E-state index contributed by atoms with van der Waals surface area (Å²) in [6.45, 7) is 7.50. The summed E-state index contributed by atoms with van der Waals surface area (Å²) in [5.41, 5.74) is 4.68. The fraction of sp³-hybridized carbons (Fsp3) is 0.227. The Hall–Kier alpha value is -2.86. The molecule has 0 spiro atoms. The summed E-state index contributed by atoms with van der Waals surface area (Å²) in [6, 6.07) is 13.2. The van der Waals surface area contributed by atoms with Crippen molar-refractivity contribution in [3.05, 3.63) is 71.5 Å². The fourth-order valence-corrected chi connectivity index (χ4v) is 3.79. The highest BCUT2D eigenvalue weighted by Gasteiger charge is 2.18. The van der Waals surface area contributed by atoms with E-state index in [1.165, 1.54) is 29.8 Å². The first-order valence-corrected chi connectivity index (χ1v) is 9.92. The summed E-state index contributed by atoms with van der Waals surface area (Å²) in [7, 11) is 0. The topological polar surface area (TPSA) is 64.0 Å². The van der Waals surface area contributed by atoms with Crippen LogP contribution >= 0.6 is 11.8 Å². The fourth-order valence-electron chi connectivity index (χ4n) is 2.91. The molecular weight excluding hydrogens is 370 g/mol. The molecule has 0 bridgehead atoms. The number of benzene rings is 2. The Morgan fingerprint density at radius 2 is 1.71 bits per heavy atom. The number of nitrogens with zero attached hydrogens (tertiary/aromatic N) is 2. The largest absolute Gasteiger partial charge is 0.325 e. The van der Waals surface area contributed by atoms with Gasteiger partial charge < -0.3 is 5.32 Å². The van der Waals surface area contributed by atoms with E-state index in [1.54, 1.807) is 30.5 Å². The Bertz CT molecular complexity index is 989. The van der Waals surface area contributed by atoms with Gasteiger partial charge in [0.05, 0.1) is 5.25 Å². The molecule has 0 saturated heterocycles. The first kappa shape index (κ1) is 19.9. The molecule has 3 rings (SSSR count). The number of amides is 1. The molecule has 5 nitrogen and oxygen atoms in total. The van der Waals surface area contributed by atoms with Gasteiger partial charge in [0.15, 0.2) is 10.9 Å². The molecule has 3 aromatic rings. The molecule has 1 heterocycles. The maximum atomic E-state index is 12.6. The first-order valence-electron chi connectivity index (χ1n) is 9.04. The molecule has 1 atom stereocenters. The average molecular weight is 394 g/mol. The summed E-state index contributed by atoms with van der Waals surface area (Å²) >= 11 is 1.40. The monoisotopic (exact) mass is 393 g/mol. The van der Waals surface area contributed by atoms with Gasteiger partial charge in [-0.1, -0.05) is 17.8 Å². The minimum absolute atomic E-state index is 0.0000203. The zero-order chi connectivity index (χ0) is 20.3. The van der Waals surface area contributed by atoms with Crippen molar-refractivity contribution >= 4 is 29.1 Å². The van der Waals surface area contributed by atoms with E-state index in [0.717, 1.165) is 10.8 Å². The van der Waals surface area contributed by atoms with Crippen LogP contribution in [-0.2, 0) is 4.79 Å². The Morgan fingerprint density at radius 1 is 1.07 bits per heavy atom. The number of imidazole rings is 1. The number of thioether (sulfide) groups is 1. The minimum Gasteiger partial charge on any atom is -0.325 e. The number of Topliss-reactive ketones (excluding diaryl/α,β-unsaturated/α-hetero) is 1. The van der Waals surface area contributed by atoms with E-state index in [2.05, 4.69) is 42.3 Å². The SMILES string of the molecule is CC(=O)c1ccc(NC(=O)C(C)Sc2nccn2-c2cc(C)cc(C)c2)cc1. The lowest BCUT2D eigenvalue weighted by Crippen LogP contribution is -2.22. The highest BCUT2D eigenvalue weighted by molar-refractivity contribution is 8.00. The molecule has 0 aliphatic rings. The van der Waals surface area contributed by atoms with Crippen LogP contribution in [0.2, 0.25) is 0 Å². The summed E-state index contributed by atoms with van der Waals surface area (Å²) in [4.78, 5) is 28.4. The van der Waals surface area contributed by atoms with Gasteiger partial charge in [-0.05, 0) is 75.2 Å². The number of hydrogen-bond acceptors (Lipinski definition) is 4. The average Bonchev–Trinajstić information content (AvgIpc) is 3.09. The zero-order valence-corrected chi connectivity index (χ0v) is 17.2. The summed E-state index contributed by atoms with van der Waals surface area (Å²) in [5, 5.41) is 3.32. The molecule has 144 valence electrons. The molecule has 2 aromatic carbocycles. The number of anilines is 1. The van der Waals surface area contributed by atoms with E-state index in [1.807, 2.05) is 17.7 Å². The maximum absolute atomic E-state index is 12.6. The van der Waals surface area contributed by atoms with Crippen molar-refractivity contribution in [3.8, 4) is 5.69 Å². The van der Waals surface area contributed by atoms with Crippen LogP contribution in [0, 0.1) is 13.8 Å². The molecule has 0 aliphatic carbocycles. The molecule has 0 radical (unpaired) electrons. The summed E-state index contributed by atoms with van der Waals surface area (Å²) in [5.74, 6) is -0.115. The second-order valence-corrected chi connectivity index (χ2v) is 8.12. The van der Waals surface area contributed by atoms with Gasteiger partial charge in [-0.2, -0.15) is 0 Å². The van der Waals surface area contributed by atoms with Crippen molar-refractivity contribution < 1.29 is 9.59 Å². The van der Waals surface area contributed by atoms with Crippen molar-refractivity contribution in [3.63, 3.8) is 0 Å². The molecule has 1 N–H and O–H groups in total. The number of nitrogens with one attached hydrogen (secondary N) is 1. The van der Waals surface area contributed by atoms with Crippen LogP contribution in [0.25, 0.3) is 5.69 Å². The van der Waals surface area contributed by atoms with Gasteiger partial charge in [0.25, 0.3) is 0 Å². The van der Waals surface area contributed by atoms with Crippen LogP contribution in [0.1, 0.15) is 35.3 Å². The zero-order valence-electron chi connectivity index (χ0n) is 16.4. The number of ketones is 1. The maximum Gasteiger partial charge on any atom is 0.237 e. The number of hydrogen-bond donors (Lipinski definition) is 1. The molecule has 0 aliphatic heterocycles. The number of carbonyl (C=O) groups excluding carboxylic acids is 2. The van der Waals surface area contributed by atoms with E-state index in [0.29, 0.717) is 11.3 Å². The predicted octanol–water partition coefficient (Wildman–Crippen LogP) is 4.81. The van der Waals surface area contributed by atoms with Gasteiger partial charge in [-0.3, -0.25) is 14.2 Å². The molecule has 0 fully saturated rings. The van der Waals surface area contributed by atoms with Crippen molar-refractivity contribution in [1.29, 1.82) is 0 Å². The van der Waals surface area contributed by atoms with Gasteiger partial charge in [0.1, 0.15) is 0 Å². The third-order valence-corrected chi connectivity index (χ3v) is 5.38. The van der Waals surface area contributed by atoms with E-state index < -0.39 is 0 Å². The van der Waals surface area contributed by atoms with Crippen LogP contribution in [0.4, 0.5) is 5.69 Å². The van der Waals surface area contributed by atoms with Crippen LogP contribution in [0.15, 0.2) is 60.0 Å². The quantitative estimate of drug-likeness (QED) is 0.482. The normalized spacial score (nSPS) is 11.9. The van der Waals surface area contributed by atoms with Gasteiger partial charge in [-0.15, -0.1) is 0 Å². The second kappa shape index (κ2) is 8.44. The van der Waals surface area contributed by atoms with E-state index >= 15 is 0 Å². The van der Waals surface area contributed by atoms with Gasteiger partial charge >= 0.3 is 0 Å². The second-order valence-electron chi connectivity index (χ2n) is 6.81. The number of aryl methyl sites for hydroxylation is 2. The predicted molar refractivity (Wildman–Crippen MR) is 113 cm³/mol. The van der Waals surface area contributed by atoms with Crippen molar-refractivity contribution in [2.45, 2.75) is 38.1 Å². The molecule has 6 heteroatoms. The highest BCUT2D eigenvalue weighted by atomic mass is 32.2. The Balaban J connectivity index is 1.71. The number of carbonyl (C=O) groups is 2. The van der Waals surface area contributed by atoms with Crippen LogP contribution in [0.5, 0.6) is 0 Å². The molecule has 1 aromatic heterocycles. The third-order valence-electron chi connectivity index (χ3n) is 4.30. The van der Waals surface area contributed by atoms with Gasteiger partial charge in [0.2, 0.25) is 5.91 Å². The smallest absolute Gasteiger partial charge is 0.237 e. The molecule has 28 heavy (non-hydrogen) atoms. The molecule has 1 amide bonds. The minimum atomic E-state index is -0.334. The summed E-state index contributed by atoms with van der Waals surface area (Å²) < 4.78 is 2.00. The molecular formula is C22H23N3O2S. The Morgan fingerprint density at radius 3 is 2.32 bits per heavy atom. The molecule has 1 unspecified atom stereocenters. The van der Waals surface area contributed by atoms with Crippen molar-refractivity contribution in [1.82, 2.24) is 9.55 Å². The number of aromatic nitrogens is 2. The lowest BCUT2D eigenvalue weighted by molar-refractivity contribution is -0.115. The van der Waals surface area contributed by atoms with Crippen molar-refractivity contribution in [2.24, 2.45) is 0 Å². The first-order chi connectivity index (χ1) is 13.3. The van der Waals surface area contributed by atoms with E-state index in [9.17, 15) is 9.59 Å². The van der Waals surface area contributed by atoms with E-state index in [-0.39, 0.29) is 16.9 Å². The van der Waals surface area contributed by atoms with E-state index in [4.69, 9.17) is 0 Å². The number of rotatable bonds is 6. The standard InChI is InChI=1S/C22H23N3O2S/c1-14-11-15(2)13-20(12-14)25-10-9-23-22(25)28-17(4)21(27)24-19-7-5-18(6-8-19)16(3)26/h5-13,17H,1-4H3,(H,24,27). The van der Waals surface area contributed by atoms with Crippen LogP contribution in [-0.4, -0.2) is 26.5 Å². The van der Waals surface area contributed by atoms with Gasteiger partial charge in [0, 0.05) is 29.3 Å². The van der Waals surface area contributed by atoms with Crippen molar-refractivity contribution in [2.75, 3.05) is 5.32 Å². The van der Waals surface area contributed by atoms with Crippen LogP contribution in [0.3, 0.4) is 0 Å². The Kier molecular flexibility index (Phi) is 5.99. The van der Waals surface area contributed by atoms with Crippen LogP contribution < -0.4 is 5.32 Å².